The van der Waals surface area contributed by atoms with Crippen molar-refractivity contribution >= 4 is 17.7 Å². The maximum Gasteiger partial charge on any atom is 0.333 e. The number of anilines is 1. The highest BCUT2D eigenvalue weighted by molar-refractivity contribution is 5.89. The lowest BCUT2D eigenvalue weighted by molar-refractivity contribution is -0.149. The zero-order chi connectivity index (χ0) is 24.2. The molecule has 0 saturated heterocycles. The third-order valence-corrected chi connectivity index (χ3v) is 5.00. The van der Waals surface area contributed by atoms with Crippen LogP contribution in [0, 0.1) is 11.7 Å². The Balaban J connectivity index is 1.92. The van der Waals surface area contributed by atoms with Gasteiger partial charge in [0, 0.05) is 19.6 Å². The standard InChI is InChI=1S/C25H33FN2O5/c1-4-32-23(24(29)30)17-19-9-11-20(12-10-19)33-16-15-28(14-13-18(2)3)25(31)27-22-8-6-5-7-21(22)26/h5-12,18,23H,4,13-17H2,1-3H3,(H,27,31)(H,29,30). The van der Waals surface area contributed by atoms with Gasteiger partial charge >= 0.3 is 12.0 Å². The minimum atomic E-state index is -0.993. The van der Waals surface area contributed by atoms with Gasteiger partial charge in [-0.2, -0.15) is 0 Å². The number of hydrogen-bond donors (Lipinski definition) is 2. The average Bonchev–Trinajstić information content (AvgIpc) is 2.78. The summed E-state index contributed by atoms with van der Waals surface area (Å²) in [5.41, 5.74) is 0.964. The Labute approximate surface area is 194 Å². The van der Waals surface area contributed by atoms with Crippen molar-refractivity contribution in [1.82, 2.24) is 4.90 Å². The van der Waals surface area contributed by atoms with E-state index in [0.717, 1.165) is 12.0 Å². The summed E-state index contributed by atoms with van der Waals surface area (Å²) >= 11 is 0. The van der Waals surface area contributed by atoms with Crippen LogP contribution in [0.2, 0.25) is 0 Å². The zero-order valence-electron chi connectivity index (χ0n) is 19.4. The van der Waals surface area contributed by atoms with E-state index < -0.39 is 17.9 Å². The maximum atomic E-state index is 13.9. The predicted molar refractivity (Wildman–Crippen MR) is 125 cm³/mol. The molecule has 2 rings (SSSR count). The van der Waals surface area contributed by atoms with Gasteiger partial charge in [0.05, 0.1) is 12.2 Å². The summed E-state index contributed by atoms with van der Waals surface area (Å²) in [6, 6.07) is 12.8. The molecule has 180 valence electrons. The fourth-order valence-corrected chi connectivity index (χ4v) is 3.11. The third-order valence-electron chi connectivity index (χ3n) is 5.00. The Bertz CT molecular complexity index is 889. The SMILES string of the molecule is CCOC(Cc1ccc(OCCN(CCC(C)C)C(=O)Nc2ccccc2F)cc1)C(=O)O. The van der Waals surface area contributed by atoms with Crippen LogP contribution in [0.1, 0.15) is 32.8 Å². The Morgan fingerprint density at radius 2 is 1.79 bits per heavy atom. The monoisotopic (exact) mass is 460 g/mol. The van der Waals surface area contributed by atoms with Crippen LogP contribution in [-0.4, -0.2) is 54.4 Å². The van der Waals surface area contributed by atoms with Crippen molar-refractivity contribution in [2.75, 3.05) is 31.6 Å². The van der Waals surface area contributed by atoms with Crippen LogP contribution in [0.5, 0.6) is 5.75 Å². The lowest BCUT2D eigenvalue weighted by Crippen LogP contribution is -2.39. The van der Waals surface area contributed by atoms with E-state index in [1.165, 1.54) is 12.1 Å². The fraction of sp³-hybridized carbons (Fsp3) is 0.440. The molecule has 2 aromatic carbocycles. The molecule has 0 aliphatic carbocycles. The first-order valence-electron chi connectivity index (χ1n) is 11.2. The van der Waals surface area contributed by atoms with E-state index in [9.17, 15) is 19.1 Å². The number of ether oxygens (including phenoxy) is 2. The lowest BCUT2D eigenvalue weighted by atomic mass is 10.1. The number of nitrogens with one attached hydrogen (secondary N) is 1. The first kappa shape index (κ1) is 26.1. The number of carboxylic acid groups (broad SMARTS) is 1. The first-order chi connectivity index (χ1) is 15.8. The quantitative estimate of drug-likeness (QED) is 0.448. The number of para-hydroxylation sites is 1. The van der Waals surface area contributed by atoms with Gasteiger partial charge in [0.15, 0.2) is 6.10 Å². The van der Waals surface area contributed by atoms with E-state index in [1.54, 1.807) is 48.2 Å². The summed E-state index contributed by atoms with van der Waals surface area (Å²) in [7, 11) is 0. The van der Waals surface area contributed by atoms with Crippen molar-refractivity contribution in [2.45, 2.75) is 39.7 Å². The summed E-state index contributed by atoms with van der Waals surface area (Å²) in [6.45, 7) is 7.36. The van der Waals surface area contributed by atoms with Crippen LogP contribution < -0.4 is 10.1 Å². The molecule has 0 spiro atoms. The fourth-order valence-electron chi connectivity index (χ4n) is 3.11. The summed E-state index contributed by atoms with van der Waals surface area (Å²) in [5, 5.41) is 11.8. The van der Waals surface area contributed by atoms with E-state index >= 15 is 0 Å². The molecular formula is C25H33FN2O5. The number of urea groups is 1. The largest absolute Gasteiger partial charge is 0.492 e. The number of nitrogens with zero attached hydrogens (tertiary/aromatic N) is 1. The molecule has 0 heterocycles. The van der Waals surface area contributed by atoms with E-state index in [-0.39, 0.29) is 24.7 Å². The van der Waals surface area contributed by atoms with Crippen LogP contribution in [0.4, 0.5) is 14.9 Å². The number of carbonyl (C=O) groups excluding carboxylic acids is 1. The summed E-state index contributed by atoms with van der Waals surface area (Å²) < 4.78 is 24.9. The molecule has 8 heteroatoms. The number of aliphatic carboxylic acids is 1. The minimum absolute atomic E-state index is 0.139. The molecule has 2 N–H and O–H groups in total. The third kappa shape index (κ3) is 9.10. The van der Waals surface area contributed by atoms with Crippen LogP contribution >= 0.6 is 0 Å². The molecule has 1 atom stereocenters. The molecule has 2 aromatic rings. The van der Waals surface area contributed by atoms with Gasteiger partial charge in [-0.05, 0) is 49.1 Å². The number of carbonyl (C=O) groups is 2. The molecule has 2 amide bonds. The molecule has 0 aliphatic heterocycles. The van der Waals surface area contributed by atoms with Gasteiger partial charge < -0.3 is 24.8 Å². The minimum Gasteiger partial charge on any atom is -0.492 e. The highest BCUT2D eigenvalue weighted by atomic mass is 19.1. The second-order valence-corrected chi connectivity index (χ2v) is 8.06. The summed E-state index contributed by atoms with van der Waals surface area (Å²) in [6.07, 6.45) is 0.191. The Morgan fingerprint density at radius 1 is 1.09 bits per heavy atom. The number of carboxylic acids is 1. The van der Waals surface area contributed by atoms with Crippen molar-refractivity contribution in [2.24, 2.45) is 5.92 Å². The van der Waals surface area contributed by atoms with Gasteiger partial charge in [-0.1, -0.05) is 38.1 Å². The highest BCUT2D eigenvalue weighted by Gasteiger charge is 2.18. The maximum absolute atomic E-state index is 13.9. The number of amides is 2. The van der Waals surface area contributed by atoms with Crippen LogP contribution in [0.25, 0.3) is 0 Å². The molecule has 0 bridgehead atoms. The van der Waals surface area contributed by atoms with Crippen LogP contribution in [0.3, 0.4) is 0 Å². The van der Waals surface area contributed by atoms with E-state index in [2.05, 4.69) is 19.2 Å². The Hall–Kier alpha value is -3.13. The van der Waals surface area contributed by atoms with Crippen LogP contribution in [-0.2, 0) is 16.0 Å². The zero-order valence-corrected chi connectivity index (χ0v) is 19.4. The van der Waals surface area contributed by atoms with Crippen molar-refractivity contribution < 1.29 is 28.6 Å². The molecule has 1 unspecified atom stereocenters. The number of rotatable bonds is 13. The van der Waals surface area contributed by atoms with Crippen molar-refractivity contribution in [3.05, 3.63) is 59.9 Å². The Morgan fingerprint density at radius 3 is 2.39 bits per heavy atom. The number of hydrogen-bond acceptors (Lipinski definition) is 4. The molecule has 0 aromatic heterocycles. The van der Waals surface area contributed by atoms with Gasteiger partial charge in [0.25, 0.3) is 0 Å². The average molecular weight is 461 g/mol. The van der Waals surface area contributed by atoms with Crippen molar-refractivity contribution in [3.63, 3.8) is 0 Å². The summed E-state index contributed by atoms with van der Waals surface area (Å²) in [5.74, 6) is -0.457. The van der Waals surface area contributed by atoms with E-state index in [1.807, 2.05) is 0 Å². The summed E-state index contributed by atoms with van der Waals surface area (Å²) in [4.78, 5) is 25.6. The second-order valence-electron chi connectivity index (χ2n) is 8.06. The molecule has 7 nitrogen and oxygen atoms in total. The second kappa shape index (κ2) is 13.4. The van der Waals surface area contributed by atoms with Gasteiger partial charge in [0.2, 0.25) is 0 Å². The molecular weight excluding hydrogens is 427 g/mol. The molecule has 33 heavy (non-hydrogen) atoms. The topological polar surface area (TPSA) is 88.1 Å². The predicted octanol–water partition coefficient (Wildman–Crippen LogP) is 4.82. The smallest absolute Gasteiger partial charge is 0.333 e. The molecule has 0 radical (unpaired) electrons. The molecule has 0 saturated carbocycles. The van der Waals surface area contributed by atoms with Gasteiger partial charge in [0.1, 0.15) is 18.2 Å². The van der Waals surface area contributed by atoms with Gasteiger partial charge in [-0.25, -0.2) is 14.0 Å². The molecule has 0 aliphatic rings. The van der Waals surface area contributed by atoms with Crippen LogP contribution in [0.15, 0.2) is 48.5 Å². The highest BCUT2D eigenvalue weighted by Crippen LogP contribution is 2.16. The normalized spacial score (nSPS) is 11.8. The van der Waals surface area contributed by atoms with Crippen molar-refractivity contribution in [1.29, 1.82) is 0 Å². The number of benzene rings is 2. The van der Waals surface area contributed by atoms with E-state index in [4.69, 9.17) is 9.47 Å². The lowest BCUT2D eigenvalue weighted by Gasteiger charge is -2.24. The number of halogens is 1. The van der Waals surface area contributed by atoms with Gasteiger partial charge in [-0.15, -0.1) is 0 Å². The Kier molecular flexibility index (Phi) is 10.6. The molecule has 0 fully saturated rings. The van der Waals surface area contributed by atoms with E-state index in [0.29, 0.717) is 31.4 Å². The first-order valence-corrected chi connectivity index (χ1v) is 11.2. The van der Waals surface area contributed by atoms with Gasteiger partial charge in [-0.3, -0.25) is 0 Å². The van der Waals surface area contributed by atoms with Crippen molar-refractivity contribution in [3.8, 4) is 5.75 Å².